The van der Waals surface area contributed by atoms with E-state index < -0.39 is 0 Å². The molecule has 0 amide bonds. The predicted molar refractivity (Wildman–Crippen MR) is 90.8 cm³/mol. The smallest absolute Gasteiger partial charge is 0.230 e. The van der Waals surface area contributed by atoms with Crippen LogP contribution in [0.5, 0.6) is 5.88 Å². The van der Waals surface area contributed by atoms with Gasteiger partial charge in [0.15, 0.2) is 0 Å². The summed E-state index contributed by atoms with van der Waals surface area (Å²) in [6.45, 7) is 1.37. The van der Waals surface area contributed by atoms with E-state index in [1.165, 1.54) is 25.7 Å². The molecular formula is C17H23ClN4O2. The highest BCUT2D eigenvalue weighted by Gasteiger charge is 2.55. The normalized spacial score (nSPS) is 37.3. The number of piperidine rings is 2. The maximum absolute atomic E-state index is 6.22. The van der Waals surface area contributed by atoms with E-state index in [9.17, 15) is 0 Å². The van der Waals surface area contributed by atoms with Crippen LogP contribution in [0.4, 0.5) is 5.95 Å². The average Bonchev–Trinajstić information content (AvgIpc) is 3.00. The van der Waals surface area contributed by atoms with Crippen LogP contribution < -0.4 is 9.64 Å². The lowest BCUT2D eigenvalue weighted by Gasteiger charge is -2.66. The number of ether oxygens (including phenoxy) is 2. The quantitative estimate of drug-likeness (QED) is 0.775. The first-order valence-electron chi connectivity index (χ1n) is 8.96. The first-order valence-corrected chi connectivity index (χ1v) is 9.34. The Morgan fingerprint density at radius 2 is 1.96 bits per heavy atom. The summed E-state index contributed by atoms with van der Waals surface area (Å²) in [5, 5.41) is 0.436. The lowest BCUT2D eigenvalue weighted by molar-refractivity contribution is -0.148. The molecule has 7 heteroatoms. The van der Waals surface area contributed by atoms with E-state index in [4.69, 9.17) is 21.1 Å². The van der Waals surface area contributed by atoms with Gasteiger partial charge >= 0.3 is 0 Å². The van der Waals surface area contributed by atoms with Crippen LogP contribution >= 0.6 is 11.6 Å². The van der Waals surface area contributed by atoms with Crippen LogP contribution in [0.25, 0.3) is 0 Å². The molecule has 5 atom stereocenters. The molecule has 0 radical (unpaired) electrons. The first-order chi connectivity index (χ1) is 11.7. The summed E-state index contributed by atoms with van der Waals surface area (Å²) < 4.78 is 11.3. The van der Waals surface area contributed by atoms with Crippen molar-refractivity contribution < 1.29 is 9.47 Å². The van der Waals surface area contributed by atoms with Gasteiger partial charge in [-0.3, -0.25) is 4.90 Å². The number of hydrogen-bond acceptors (Lipinski definition) is 6. The Labute approximate surface area is 147 Å². The monoisotopic (exact) mass is 350 g/mol. The van der Waals surface area contributed by atoms with Crippen LogP contribution in [0, 0.1) is 0 Å². The Morgan fingerprint density at radius 1 is 1.21 bits per heavy atom. The van der Waals surface area contributed by atoms with Crippen molar-refractivity contribution in [3.05, 3.63) is 11.2 Å². The topological polar surface area (TPSA) is 50.7 Å². The second kappa shape index (κ2) is 5.71. The van der Waals surface area contributed by atoms with Gasteiger partial charge in [0.1, 0.15) is 11.3 Å². The van der Waals surface area contributed by atoms with Gasteiger partial charge in [0.2, 0.25) is 11.8 Å². The van der Waals surface area contributed by atoms with Crippen molar-refractivity contribution in [3.63, 3.8) is 0 Å². The van der Waals surface area contributed by atoms with Crippen molar-refractivity contribution in [1.29, 1.82) is 0 Å². The van der Waals surface area contributed by atoms with Gasteiger partial charge in [0, 0.05) is 43.7 Å². The second-order valence-corrected chi connectivity index (χ2v) is 7.94. The molecular weight excluding hydrogens is 328 g/mol. The fourth-order valence-electron chi connectivity index (χ4n) is 4.85. The number of aromatic nitrogens is 2. The summed E-state index contributed by atoms with van der Waals surface area (Å²) >= 11 is 6.22. The summed E-state index contributed by atoms with van der Waals surface area (Å²) in [6.07, 6.45) is 6.10. The summed E-state index contributed by atoms with van der Waals surface area (Å²) in [6, 6.07) is 4.60. The molecule has 6 nitrogen and oxygen atoms in total. The van der Waals surface area contributed by atoms with Crippen LogP contribution in [-0.2, 0) is 4.74 Å². The lowest BCUT2D eigenvalue weighted by atomic mass is 9.68. The molecule has 4 fully saturated rings. The zero-order valence-electron chi connectivity index (χ0n) is 13.9. The number of nitrogens with zero attached hydrogens (tertiary/aromatic N) is 4. The molecule has 24 heavy (non-hydrogen) atoms. The van der Waals surface area contributed by atoms with Crippen molar-refractivity contribution in [1.82, 2.24) is 14.9 Å². The van der Waals surface area contributed by atoms with E-state index in [2.05, 4.69) is 26.8 Å². The molecule has 0 spiro atoms. The maximum Gasteiger partial charge on any atom is 0.230 e. The van der Waals surface area contributed by atoms with Gasteiger partial charge in [-0.15, -0.1) is 0 Å². The molecule has 4 aliphatic rings. The van der Waals surface area contributed by atoms with Gasteiger partial charge in [0.05, 0.1) is 13.2 Å². The highest BCUT2D eigenvalue weighted by molar-refractivity contribution is 6.29. The van der Waals surface area contributed by atoms with Gasteiger partial charge in [-0.2, -0.15) is 4.98 Å². The Kier molecular flexibility index (Phi) is 3.61. The Morgan fingerprint density at radius 3 is 2.62 bits per heavy atom. The Hall–Kier alpha value is -1.11. The molecule has 0 N–H and O–H groups in total. The van der Waals surface area contributed by atoms with Gasteiger partial charge in [-0.1, -0.05) is 11.6 Å². The van der Waals surface area contributed by atoms with Crippen molar-refractivity contribution in [2.45, 2.75) is 62.4 Å². The molecule has 0 bridgehead atoms. The standard InChI is InChI=1S/C17H23ClN4O2/c1-21(10-4-11-6-13-7-12(5-10)22(11)13)17-19-15(18)8-16(20-17)24-14-2-3-23-9-14/h8,10-14H,2-7,9H2,1H3/t10-,11+,12-,13?,14-/m1/s1. The summed E-state index contributed by atoms with van der Waals surface area (Å²) in [7, 11) is 2.09. The molecule has 1 unspecified atom stereocenters. The van der Waals surface area contributed by atoms with E-state index in [0.717, 1.165) is 31.2 Å². The van der Waals surface area contributed by atoms with E-state index in [1.807, 2.05) is 0 Å². The third-order valence-electron chi connectivity index (χ3n) is 6.14. The van der Waals surface area contributed by atoms with Crippen molar-refractivity contribution in [2.75, 3.05) is 25.2 Å². The molecule has 1 aromatic rings. The van der Waals surface area contributed by atoms with Crippen LogP contribution in [-0.4, -0.2) is 65.4 Å². The summed E-state index contributed by atoms with van der Waals surface area (Å²) in [5.74, 6) is 1.22. The van der Waals surface area contributed by atoms with Gasteiger partial charge in [0.25, 0.3) is 0 Å². The fraction of sp³-hybridized carbons (Fsp3) is 0.765. The average molecular weight is 351 g/mol. The minimum Gasteiger partial charge on any atom is -0.472 e. The molecule has 0 aromatic carbocycles. The molecule has 4 saturated heterocycles. The van der Waals surface area contributed by atoms with E-state index in [-0.39, 0.29) is 6.10 Å². The molecule has 0 saturated carbocycles. The molecule has 1 aromatic heterocycles. The zero-order valence-corrected chi connectivity index (χ0v) is 14.7. The lowest BCUT2D eigenvalue weighted by Crippen LogP contribution is -2.74. The highest BCUT2D eigenvalue weighted by atomic mass is 35.5. The molecule has 5 rings (SSSR count). The van der Waals surface area contributed by atoms with Crippen molar-refractivity contribution >= 4 is 17.5 Å². The minimum absolute atomic E-state index is 0.0687. The van der Waals surface area contributed by atoms with Gasteiger partial charge in [-0.05, 0) is 25.7 Å². The second-order valence-electron chi connectivity index (χ2n) is 7.55. The van der Waals surface area contributed by atoms with Crippen LogP contribution in [0.1, 0.15) is 32.1 Å². The van der Waals surface area contributed by atoms with Crippen LogP contribution in [0.2, 0.25) is 5.15 Å². The van der Waals surface area contributed by atoms with E-state index in [1.54, 1.807) is 6.07 Å². The third-order valence-corrected chi connectivity index (χ3v) is 6.33. The molecule has 0 aliphatic carbocycles. The largest absolute Gasteiger partial charge is 0.472 e. The Balaban J connectivity index is 1.32. The minimum atomic E-state index is 0.0687. The third kappa shape index (κ3) is 2.47. The first kappa shape index (κ1) is 15.2. The van der Waals surface area contributed by atoms with Gasteiger partial charge < -0.3 is 14.4 Å². The van der Waals surface area contributed by atoms with E-state index in [0.29, 0.717) is 29.6 Å². The molecule has 130 valence electrons. The highest BCUT2D eigenvalue weighted by Crippen LogP contribution is 2.49. The molecule has 4 aliphatic heterocycles. The maximum atomic E-state index is 6.22. The fourth-order valence-corrected chi connectivity index (χ4v) is 5.02. The van der Waals surface area contributed by atoms with Crippen LogP contribution in [0.3, 0.4) is 0 Å². The summed E-state index contributed by atoms with van der Waals surface area (Å²) in [4.78, 5) is 14.0. The zero-order chi connectivity index (χ0) is 16.3. The van der Waals surface area contributed by atoms with Crippen LogP contribution in [0.15, 0.2) is 6.07 Å². The number of rotatable bonds is 4. The molecule has 5 heterocycles. The summed E-state index contributed by atoms with van der Waals surface area (Å²) in [5.41, 5.74) is 0. The SMILES string of the molecule is CN(c1nc(Cl)cc(O[C@@H]2CCOC2)n1)[C@@H]1C[C@H]2CC3C[C@@H](C1)N32. The number of anilines is 1. The van der Waals surface area contributed by atoms with Gasteiger partial charge in [-0.25, -0.2) is 4.98 Å². The number of halogens is 1. The van der Waals surface area contributed by atoms with Crippen molar-refractivity contribution in [3.8, 4) is 5.88 Å². The van der Waals surface area contributed by atoms with E-state index >= 15 is 0 Å². The van der Waals surface area contributed by atoms with Crippen molar-refractivity contribution in [2.24, 2.45) is 0 Å². The predicted octanol–water partition coefficient (Wildman–Crippen LogP) is 2.11. The number of hydrogen-bond donors (Lipinski definition) is 0. The Bertz CT molecular complexity index is 623.